The first-order valence-corrected chi connectivity index (χ1v) is 11.6. The van der Waals surface area contributed by atoms with E-state index in [1.165, 1.54) is 19.4 Å². The summed E-state index contributed by atoms with van der Waals surface area (Å²) in [6, 6.07) is 4.30. The van der Waals surface area contributed by atoms with Crippen LogP contribution in [0.5, 0.6) is 0 Å². The Bertz CT molecular complexity index is 1010. The number of hydrogen-bond acceptors (Lipinski definition) is 7. The summed E-state index contributed by atoms with van der Waals surface area (Å²) in [5.41, 5.74) is 7.33. The van der Waals surface area contributed by atoms with E-state index in [-0.39, 0.29) is 12.8 Å². The number of aliphatic hydroxyl groups is 1. The van der Waals surface area contributed by atoms with Crippen molar-refractivity contribution in [2.75, 3.05) is 0 Å². The van der Waals surface area contributed by atoms with Crippen LogP contribution in [0.25, 0.3) is 0 Å². The van der Waals surface area contributed by atoms with Gasteiger partial charge in [-0.15, -0.1) is 0 Å². The number of carboxylic acid groups (broad SMARTS) is 1. The monoisotopic (exact) mass is 502 g/mol. The molecule has 0 fully saturated rings. The van der Waals surface area contributed by atoms with Crippen molar-refractivity contribution in [3.63, 3.8) is 0 Å². The van der Waals surface area contributed by atoms with E-state index in [0.29, 0.717) is 5.69 Å². The van der Waals surface area contributed by atoms with Crippen LogP contribution in [0.3, 0.4) is 0 Å². The number of rotatable bonds is 13. The molecule has 0 radical (unpaired) electrons. The number of H-pyrrole nitrogens is 1. The zero-order valence-electron chi connectivity index (χ0n) is 20.5. The van der Waals surface area contributed by atoms with Crippen LogP contribution in [-0.4, -0.2) is 74.1 Å². The van der Waals surface area contributed by atoms with Crippen molar-refractivity contribution in [2.24, 2.45) is 11.7 Å². The third kappa shape index (κ3) is 8.47. The zero-order chi connectivity index (χ0) is 26.8. The van der Waals surface area contributed by atoms with Gasteiger partial charge >= 0.3 is 5.97 Å². The number of imidazole rings is 1. The van der Waals surface area contributed by atoms with Gasteiger partial charge in [0.1, 0.15) is 18.1 Å². The summed E-state index contributed by atoms with van der Waals surface area (Å²) in [5.74, 6) is -3.85. The number of aliphatic carboxylic acids is 1. The van der Waals surface area contributed by atoms with Gasteiger partial charge < -0.3 is 36.9 Å². The molecule has 0 aliphatic carbocycles. The fourth-order valence-corrected chi connectivity index (χ4v) is 3.48. The van der Waals surface area contributed by atoms with E-state index >= 15 is 0 Å². The van der Waals surface area contributed by atoms with E-state index < -0.39 is 59.9 Å². The van der Waals surface area contributed by atoms with Gasteiger partial charge in [0.25, 0.3) is 0 Å². The van der Waals surface area contributed by atoms with Crippen molar-refractivity contribution in [1.29, 1.82) is 0 Å². The summed E-state index contributed by atoms with van der Waals surface area (Å²) >= 11 is 0. The average molecular weight is 503 g/mol. The zero-order valence-corrected chi connectivity index (χ0v) is 20.5. The maximum Gasteiger partial charge on any atom is 0.326 e. The Balaban J connectivity index is 2.14. The smallest absolute Gasteiger partial charge is 0.326 e. The summed E-state index contributed by atoms with van der Waals surface area (Å²) in [4.78, 5) is 56.9. The Hall–Kier alpha value is -3.77. The molecule has 0 saturated heterocycles. The summed E-state index contributed by atoms with van der Waals surface area (Å²) in [5, 5.41) is 27.0. The van der Waals surface area contributed by atoms with Gasteiger partial charge in [-0.3, -0.25) is 14.4 Å². The number of carbonyl (C=O) groups excluding carboxylic acids is 3. The van der Waals surface area contributed by atoms with Crippen molar-refractivity contribution >= 4 is 23.7 Å². The molecule has 5 atom stereocenters. The standard InChI is InChI=1S/C24H34N6O6/c1-13(2)19(24(35)36)29-22(33)18(10-16-11-26-12-27-16)28-23(34)20(14(3)31)30-21(32)17(25)9-15-7-5-4-6-8-15/h4-8,11-14,17-20,31H,9-10,25H2,1-3H3,(H,26,27)(H,28,34)(H,29,33)(H,30,32)(H,35,36). The molecule has 1 aromatic heterocycles. The van der Waals surface area contributed by atoms with Crippen molar-refractivity contribution in [2.45, 2.75) is 63.9 Å². The minimum Gasteiger partial charge on any atom is -0.480 e. The number of carboxylic acids is 1. The fourth-order valence-electron chi connectivity index (χ4n) is 3.48. The lowest BCUT2D eigenvalue weighted by Gasteiger charge is -2.27. The van der Waals surface area contributed by atoms with Crippen molar-refractivity contribution in [1.82, 2.24) is 25.9 Å². The minimum atomic E-state index is -1.41. The first kappa shape index (κ1) is 28.5. The molecule has 1 aromatic carbocycles. The van der Waals surface area contributed by atoms with Gasteiger partial charge in [0.05, 0.1) is 18.5 Å². The quantitative estimate of drug-likeness (QED) is 0.183. The predicted molar refractivity (Wildman–Crippen MR) is 130 cm³/mol. The molecule has 196 valence electrons. The number of aliphatic hydroxyl groups excluding tert-OH is 1. The van der Waals surface area contributed by atoms with Crippen LogP contribution < -0.4 is 21.7 Å². The minimum absolute atomic E-state index is 0.0317. The van der Waals surface area contributed by atoms with Crippen molar-refractivity contribution in [3.05, 3.63) is 54.1 Å². The molecule has 12 nitrogen and oxygen atoms in total. The SMILES string of the molecule is CC(C)C(NC(=O)C(Cc1cnc[nH]1)NC(=O)C(NC(=O)C(N)Cc1ccccc1)C(C)O)C(=O)O. The van der Waals surface area contributed by atoms with E-state index in [0.717, 1.165) is 5.56 Å². The highest BCUT2D eigenvalue weighted by Crippen LogP contribution is 2.07. The molecule has 36 heavy (non-hydrogen) atoms. The van der Waals surface area contributed by atoms with Crippen LogP contribution in [0.2, 0.25) is 0 Å². The lowest BCUT2D eigenvalue weighted by molar-refractivity contribution is -0.143. The van der Waals surface area contributed by atoms with Crippen LogP contribution in [0.4, 0.5) is 0 Å². The maximum atomic E-state index is 13.0. The second-order valence-electron chi connectivity index (χ2n) is 8.93. The van der Waals surface area contributed by atoms with Gasteiger partial charge in [-0.05, 0) is 24.8 Å². The fraction of sp³-hybridized carbons (Fsp3) is 0.458. The number of nitrogens with zero attached hydrogens (tertiary/aromatic N) is 1. The molecule has 12 heteroatoms. The highest BCUT2D eigenvalue weighted by atomic mass is 16.4. The first-order valence-electron chi connectivity index (χ1n) is 11.6. The lowest BCUT2D eigenvalue weighted by Crippen LogP contribution is -2.60. The van der Waals surface area contributed by atoms with E-state index in [1.807, 2.05) is 30.3 Å². The molecule has 0 aliphatic heterocycles. The summed E-state index contributed by atoms with van der Waals surface area (Å²) in [7, 11) is 0. The number of nitrogens with two attached hydrogens (primary N) is 1. The summed E-state index contributed by atoms with van der Waals surface area (Å²) in [6.07, 6.45) is 1.73. The number of nitrogens with one attached hydrogen (secondary N) is 4. The highest BCUT2D eigenvalue weighted by molar-refractivity contribution is 5.94. The second kappa shape index (κ2) is 13.4. The normalized spacial score (nSPS) is 15.3. The molecule has 2 aromatic rings. The number of amides is 3. The Kier molecular flexibility index (Phi) is 10.6. The van der Waals surface area contributed by atoms with E-state index in [9.17, 15) is 29.4 Å². The van der Waals surface area contributed by atoms with Crippen molar-refractivity contribution < 1.29 is 29.4 Å². The molecule has 3 amide bonds. The third-order valence-electron chi connectivity index (χ3n) is 5.54. The molecule has 0 spiro atoms. The molecular weight excluding hydrogens is 468 g/mol. The van der Waals surface area contributed by atoms with Crippen LogP contribution in [-0.2, 0) is 32.0 Å². The summed E-state index contributed by atoms with van der Waals surface area (Å²) < 4.78 is 0. The van der Waals surface area contributed by atoms with Gasteiger partial charge in [-0.2, -0.15) is 0 Å². The van der Waals surface area contributed by atoms with E-state index in [2.05, 4.69) is 25.9 Å². The number of carbonyl (C=O) groups is 4. The van der Waals surface area contributed by atoms with E-state index in [1.54, 1.807) is 13.8 Å². The molecule has 0 bridgehead atoms. The topological polar surface area (TPSA) is 200 Å². The lowest BCUT2D eigenvalue weighted by atomic mass is 10.0. The number of aromatic nitrogens is 2. The van der Waals surface area contributed by atoms with Gasteiger partial charge in [0, 0.05) is 18.3 Å². The Morgan fingerprint density at radius 1 is 0.944 bits per heavy atom. The number of hydrogen-bond donors (Lipinski definition) is 7. The van der Waals surface area contributed by atoms with Gasteiger partial charge in [0.15, 0.2) is 0 Å². The van der Waals surface area contributed by atoms with Crippen LogP contribution in [0.15, 0.2) is 42.9 Å². The molecule has 2 rings (SSSR count). The second-order valence-corrected chi connectivity index (χ2v) is 8.93. The molecular formula is C24H34N6O6. The van der Waals surface area contributed by atoms with E-state index in [4.69, 9.17) is 5.73 Å². The molecule has 5 unspecified atom stereocenters. The van der Waals surface area contributed by atoms with Crippen LogP contribution in [0.1, 0.15) is 32.0 Å². The van der Waals surface area contributed by atoms with Gasteiger partial charge in [-0.1, -0.05) is 44.2 Å². The average Bonchev–Trinajstić information content (AvgIpc) is 3.33. The molecule has 0 saturated carbocycles. The van der Waals surface area contributed by atoms with Crippen LogP contribution in [0, 0.1) is 5.92 Å². The largest absolute Gasteiger partial charge is 0.480 e. The third-order valence-corrected chi connectivity index (χ3v) is 5.54. The number of aromatic amines is 1. The van der Waals surface area contributed by atoms with Crippen LogP contribution >= 0.6 is 0 Å². The molecule has 0 aliphatic rings. The van der Waals surface area contributed by atoms with Gasteiger partial charge in [0.2, 0.25) is 17.7 Å². The summed E-state index contributed by atoms with van der Waals surface area (Å²) in [6.45, 7) is 4.59. The Labute approximate surface area is 209 Å². The van der Waals surface area contributed by atoms with Crippen molar-refractivity contribution in [3.8, 4) is 0 Å². The number of benzene rings is 1. The molecule has 8 N–H and O–H groups in total. The Morgan fingerprint density at radius 3 is 2.11 bits per heavy atom. The first-order chi connectivity index (χ1) is 17.0. The highest BCUT2D eigenvalue weighted by Gasteiger charge is 2.33. The molecule has 1 heterocycles. The maximum absolute atomic E-state index is 13.0. The predicted octanol–water partition coefficient (Wildman–Crippen LogP) is -0.902. The Morgan fingerprint density at radius 2 is 1.58 bits per heavy atom. The van der Waals surface area contributed by atoms with Gasteiger partial charge in [-0.25, -0.2) is 9.78 Å².